The normalized spacial score (nSPS) is 16.0. The predicted octanol–water partition coefficient (Wildman–Crippen LogP) is 3.29. The van der Waals surface area contributed by atoms with Gasteiger partial charge in [0, 0.05) is 11.5 Å². The van der Waals surface area contributed by atoms with E-state index in [1.54, 1.807) is 12.1 Å². The van der Waals surface area contributed by atoms with Crippen LogP contribution in [0, 0.1) is 0 Å². The zero-order valence-corrected chi connectivity index (χ0v) is 14.8. The molecule has 2 N–H and O–H groups in total. The molecule has 7 nitrogen and oxygen atoms in total. The molecule has 1 aliphatic rings. The number of hydrogen-bond donors (Lipinski definition) is 2. The lowest BCUT2D eigenvalue weighted by Crippen LogP contribution is -2.19. The molecule has 0 spiro atoms. The SMILES string of the molecule is O=CNC(=O)C=CC1CCOc2c1ccc(Oc1ccc(C(F)(F)F)nc1)c2O. The minimum Gasteiger partial charge on any atom is -0.502 e. The molecule has 0 bridgehead atoms. The number of hydrogen-bond acceptors (Lipinski definition) is 6. The van der Waals surface area contributed by atoms with Gasteiger partial charge in [0.25, 0.3) is 0 Å². The summed E-state index contributed by atoms with van der Waals surface area (Å²) < 4.78 is 48.7. The second-order valence-electron chi connectivity index (χ2n) is 6.04. The number of phenols is 1. The van der Waals surface area contributed by atoms with Crippen LogP contribution in [0.5, 0.6) is 23.0 Å². The van der Waals surface area contributed by atoms with Crippen molar-refractivity contribution in [3.8, 4) is 23.0 Å². The Hall–Kier alpha value is -3.56. The summed E-state index contributed by atoms with van der Waals surface area (Å²) >= 11 is 0. The molecule has 152 valence electrons. The standard InChI is InChI=1S/C19H15F3N2O5/c20-19(21,22)15-5-2-12(9-23-15)29-14-4-3-13-11(1-6-16(26)24-10-25)7-8-28-18(13)17(14)27/h1-6,9-11,27H,7-8H2,(H,24,25,26). The maximum absolute atomic E-state index is 12.6. The van der Waals surface area contributed by atoms with Crippen LogP contribution < -0.4 is 14.8 Å². The number of aromatic hydroxyl groups is 1. The fraction of sp³-hybridized carbons (Fsp3) is 0.211. The highest BCUT2D eigenvalue weighted by Crippen LogP contribution is 2.46. The Bertz CT molecular complexity index is 942. The van der Waals surface area contributed by atoms with E-state index in [4.69, 9.17) is 9.47 Å². The molecule has 0 saturated heterocycles. The highest BCUT2D eigenvalue weighted by molar-refractivity contribution is 5.94. The summed E-state index contributed by atoms with van der Waals surface area (Å²) in [5, 5.41) is 12.4. The van der Waals surface area contributed by atoms with Crippen molar-refractivity contribution in [2.75, 3.05) is 6.61 Å². The van der Waals surface area contributed by atoms with Crippen molar-refractivity contribution in [1.29, 1.82) is 0 Å². The second-order valence-corrected chi connectivity index (χ2v) is 6.04. The van der Waals surface area contributed by atoms with Gasteiger partial charge in [0.05, 0.1) is 12.8 Å². The quantitative estimate of drug-likeness (QED) is 0.582. The summed E-state index contributed by atoms with van der Waals surface area (Å²) in [5.74, 6) is -1.01. The molecule has 0 fully saturated rings. The first-order valence-corrected chi connectivity index (χ1v) is 8.41. The molecule has 2 heterocycles. The van der Waals surface area contributed by atoms with Crippen molar-refractivity contribution in [2.24, 2.45) is 0 Å². The Morgan fingerprint density at radius 3 is 2.76 bits per heavy atom. The maximum Gasteiger partial charge on any atom is 0.433 e. The number of rotatable bonds is 5. The number of pyridine rings is 1. The van der Waals surface area contributed by atoms with Crippen molar-refractivity contribution in [3.05, 3.63) is 53.9 Å². The number of amides is 2. The first-order valence-electron chi connectivity index (χ1n) is 8.41. The van der Waals surface area contributed by atoms with Gasteiger partial charge < -0.3 is 14.6 Å². The smallest absolute Gasteiger partial charge is 0.433 e. The third kappa shape index (κ3) is 4.65. The molecule has 1 aromatic heterocycles. The number of aromatic nitrogens is 1. The lowest BCUT2D eigenvalue weighted by Gasteiger charge is -2.25. The average Bonchev–Trinajstić information content (AvgIpc) is 2.68. The number of halogens is 3. The highest BCUT2D eigenvalue weighted by Gasteiger charge is 2.32. The molecule has 3 rings (SSSR count). The van der Waals surface area contributed by atoms with Gasteiger partial charge in [-0.05, 0) is 30.7 Å². The van der Waals surface area contributed by atoms with Crippen molar-refractivity contribution < 1.29 is 37.3 Å². The van der Waals surface area contributed by atoms with Gasteiger partial charge in [0.1, 0.15) is 11.4 Å². The van der Waals surface area contributed by atoms with E-state index in [9.17, 15) is 27.9 Å². The van der Waals surface area contributed by atoms with Gasteiger partial charge in [-0.25, -0.2) is 4.98 Å². The van der Waals surface area contributed by atoms with Crippen LogP contribution in [-0.4, -0.2) is 29.0 Å². The molecule has 1 aromatic carbocycles. The fourth-order valence-electron chi connectivity index (χ4n) is 2.78. The molecular weight excluding hydrogens is 393 g/mol. The Morgan fingerprint density at radius 1 is 1.31 bits per heavy atom. The van der Waals surface area contributed by atoms with E-state index < -0.39 is 17.8 Å². The van der Waals surface area contributed by atoms with Crippen LogP contribution in [0.1, 0.15) is 23.6 Å². The van der Waals surface area contributed by atoms with E-state index >= 15 is 0 Å². The number of imide groups is 1. The van der Waals surface area contributed by atoms with E-state index in [2.05, 4.69) is 4.98 Å². The third-order valence-corrected chi connectivity index (χ3v) is 4.14. The third-order valence-electron chi connectivity index (χ3n) is 4.14. The Balaban J connectivity index is 1.81. The molecule has 0 saturated carbocycles. The number of carbonyl (C=O) groups is 2. The average molecular weight is 408 g/mol. The number of fused-ring (bicyclic) bond motifs is 1. The van der Waals surface area contributed by atoms with E-state index in [-0.39, 0.29) is 41.9 Å². The number of ether oxygens (including phenoxy) is 2. The second kappa shape index (κ2) is 8.21. The van der Waals surface area contributed by atoms with Crippen LogP contribution in [0.2, 0.25) is 0 Å². The van der Waals surface area contributed by atoms with Gasteiger partial charge in [0.2, 0.25) is 18.1 Å². The molecule has 0 radical (unpaired) electrons. The van der Waals surface area contributed by atoms with Crippen LogP contribution >= 0.6 is 0 Å². The van der Waals surface area contributed by atoms with E-state index in [0.717, 1.165) is 18.3 Å². The van der Waals surface area contributed by atoms with Crippen molar-refractivity contribution in [3.63, 3.8) is 0 Å². The van der Waals surface area contributed by atoms with Gasteiger partial charge in [-0.1, -0.05) is 12.1 Å². The molecule has 29 heavy (non-hydrogen) atoms. The predicted molar refractivity (Wildman–Crippen MR) is 93.6 cm³/mol. The molecule has 1 unspecified atom stereocenters. The number of allylic oxidation sites excluding steroid dienone is 1. The topological polar surface area (TPSA) is 97.8 Å². The molecule has 10 heteroatoms. The summed E-state index contributed by atoms with van der Waals surface area (Å²) in [5.41, 5.74) is -0.460. The summed E-state index contributed by atoms with van der Waals surface area (Å²) in [4.78, 5) is 25.0. The lowest BCUT2D eigenvalue weighted by atomic mass is 9.92. The van der Waals surface area contributed by atoms with Crippen molar-refractivity contribution >= 4 is 12.3 Å². The monoisotopic (exact) mass is 408 g/mol. The number of nitrogens with zero attached hydrogens (tertiary/aromatic N) is 1. The van der Waals surface area contributed by atoms with Crippen LogP contribution in [-0.2, 0) is 15.8 Å². The summed E-state index contributed by atoms with van der Waals surface area (Å²) in [6, 6.07) is 4.92. The van der Waals surface area contributed by atoms with E-state index in [1.807, 2.05) is 5.32 Å². The summed E-state index contributed by atoms with van der Waals surface area (Å²) in [6.07, 6.45) is -0.0504. The zero-order valence-electron chi connectivity index (χ0n) is 14.8. The van der Waals surface area contributed by atoms with Gasteiger partial charge in [-0.2, -0.15) is 13.2 Å². The zero-order chi connectivity index (χ0) is 21.0. The number of alkyl halides is 3. The summed E-state index contributed by atoms with van der Waals surface area (Å²) in [6.45, 7) is 0.260. The number of carbonyl (C=O) groups excluding carboxylic acids is 2. The number of phenolic OH excluding ortho intramolecular Hbond substituents is 1. The van der Waals surface area contributed by atoms with Gasteiger partial charge in [-0.3, -0.25) is 14.9 Å². The molecule has 1 aliphatic heterocycles. The van der Waals surface area contributed by atoms with Crippen molar-refractivity contribution in [2.45, 2.75) is 18.5 Å². The number of nitrogens with one attached hydrogen (secondary N) is 1. The Kier molecular flexibility index (Phi) is 5.71. The van der Waals surface area contributed by atoms with Crippen LogP contribution in [0.15, 0.2) is 42.6 Å². The minimum absolute atomic E-state index is 0.00559. The van der Waals surface area contributed by atoms with Gasteiger partial charge in [0.15, 0.2) is 11.5 Å². The molecule has 2 aromatic rings. The first-order chi connectivity index (χ1) is 13.8. The Labute approximate surface area is 162 Å². The van der Waals surface area contributed by atoms with Crippen LogP contribution in [0.3, 0.4) is 0 Å². The Morgan fingerprint density at radius 2 is 2.10 bits per heavy atom. The first kappa shape index (κ1) is 20.2. The van der Waals surface area contributed by atoms with Gasteiger partial charge >= 0.3 is 6.18 Å². The number of benzene rings is 1. The van der Waals surface area contributed by atoms with E-state index in [0.29, 0.717) is 12.0 Å². The molecular formula is C19H15F3N2O5. The van der Waals surface area contributed by atoms with Crippen molar-refractivity contribution in [1.82, 2.24) is 10.3 Å². The lowest BCUT2D eigenvalue weighted by molar-refractivity contribution is -0.141. The molecule has 0 aliphatic carbocycles. The molecule has 2 amide bonds. The minimum atomic E-state index is -4.56. The largest absolute Gasteiger partial charge is 0.502 e. The molecule has 1 atom stereocenters. The van der Waals surface area contributed by atoms with E-state index in [1.165, 1.54) is 12.1 Å². The van der Waals surface area contributed by atoms with Gasteiger partial charge in [-0.15, -0.1) is 0 Å². The van der Waals surface area contributed by atoms with Crippen LogP contribution in [0.4, 0.5) is 13.2 Å². The highest BCUT2D eigenvalue weighted by atomic mass is 19.4. The maximum atomic E-state index is 12.6. The van der Waals surface area contributed by atoms with Crippen LogP contribution in [0.25, 0.3) is 0 Å². The fourth-order valence-corrected chi connectivity index (χ4v) is 2.78. The summed E-state index contributed by atoms with van der Waals surface area (Å²) in [7, 11) is 0.